The second-order valence-corrected chi connectivity index (χ2v) is 4.42. The number of rotatable bonds is 2. The van der Waals surface area contributed by atoms with Crippen LogP contribution in [0.1, 0.15) is 19.4 Å². The molecule has 1 heterocycles. The third kappa shape index (κ3) is 1.47. The number of esters is 1. The van der Waals surface area contributed by atoms with Crippen molar-refractivity contribution < 1.29 is 14.3 Å². The molecule has 0 spiro atoms. The number of carbonyl (C=O) groups excluding carboxylic acids is 1. The van der Waals surface area contributed by atoms with Crippen LogP contribution in [0.25, 0.3) is 0 Å². The van der Waals surface area contributed by atoms with Gasteiger partial charge in [-0.1, -0.05) is 32.0 Å². The Balaban J connectivity index is 2.38. The van der Waals surface area contributed by atoms with Crippen LogP contribution in [0.3, 0.4) is 0 Å². The van der Waals surface area contributed by atoms with Gasteiger partial charge in [0.15, 0.2) is 0 Å². The quantitative estimate of drug-likeness (QED) is 0.717. The highest BCUT2D eigenvalue weighted by molar-refractivity contribution is 5.82. The molecule has 1 aliphatic heterocycles. The molecule has 0 bridgehead atoms. The maximum Gasteiger partial charge on any atom is 0.350 e. The van der Waals surface area contributed by atoms with Gasteiger partial charge in [-0.25, -0.2) is 4.79 Å². The van der Waals surface area contributed by atoms with Crippen molar-refractivity contribution in [3.8, 4) is 5.75 Å². The Kier molecular flexibility index (Phi) is 2.62. The molecule has 1 unspecified atom stereocenters. The SMILES string of the molecule is COC(=O)C1(C(C)C)Cc2ccccc2O1. The average Bonchev–Trinajstić information content (AvgIpc) is 2.68. The van der Waals surface area contributed by atoms with Crippen molar-refractivity contribution in [2.75, 3.05) is 7.11 Å². The van der Waals surface area contributed by atoms with Crippen molar-refractivity contribution in [2.45, 2.75) is 25.9 Å². The predicted octanol–water partition coefficient (Wildman–Crippen LogP) is 2.19. The maximum absolute atomic E-state index is 11.9. The fourth-order valence-corrected chi connectivity index (χ4v) is 2.11. The first kappa shape index (κ1) is 11.0. The smallest absolute Gasteiger partial charge is 0.350 e. The summed E-state index contributed by atoms with van der Waals surface area (Å²) in [4.78, 5) is 11.9. The molecular weight excluding hydrogens is 204 g/mol. The van der Waals surface area contributed by atoms with Gasteiger partial charge >= 0.3 is 5.97 Å². The third-order valence-electron chi connectivity index (χ3n) is 3.18. The standard InChI is InChI=1S/C13H16O3/c1-9(2)13(12(14)15-3)8-10-6-4-5-7-11(10)16-13/h4-7,9H,8H2,1-3H3. The molecule has 0 amide bonds. The van der Waals surface area contributed by atoms with Gasteiger partial charge in [-0.3, -0.25) is 0 Å². The highest BCUT2D eigenvalue weighted by Gasteiger charge is 2.49. The molecule has 1 aliphatic rings. The van der Waals surface area contributed by atoms with E-state index in [0.29, 0.717) is 6.42 Å². The zero-order valence-electron chi connectivity index (χ0n) is 9.82. The van der Waals surface area contributed by atoms with Crippen molar-refractivity contribution in [1.29, 1.82) is 0 Å². The van der Waals surface area contributed by atoms with Gasteiger partial charge in [0.1, 0.15) is 5.75 Å². The zero-order chi connectivity index (χ0) is 11.8. The van der Waals surface area contributed by atoms with E-state index in [-0.39, 0.29) is 11.9 Å². The minimum Gasteiger partial charge on any atom is -0.475 e. The van der Waals surface area contributed by atoms with Gasteiger partial charge in [-0.15, -0.1) is 0 Å². The first-order valence-electron chi connectivity index (χ1n) is 5.45. The lowest BCUT2D eigenvalue weighted by atomic mass is 9.86. The second-order valence-electron chi connectivity index (χ2n) is 4.42. The van der Waals surface area contributed by atoms with Gasteiger partial charge in [0.25, 0.3) is 0 Å². The van der Waals surface area contributed by atoms with Crippen LogP contribution in [-0.4, -0.2) is 18.7 Å². The monoisotopic (exact) mass is 220 g/mol. The van der Waals surface area contributed by atoms with E-state index >= 15 is 0 Å². The first-order chi connectivity index (χ1) is 7.60. The fourth-order valence-electron chi connectivity index (χ4n) is 2.11. The average molecular weight is 220 g/mol. The number of benzene rings is 1. The van der Waals surface area contributed by atoms with E-state index in [1.807, 2.05) is 38.1 Å². The summed E-state index contributed by atoms with van der Waals surface area (Å²) in [6, 6.07) is 7.74. The van der Waals surface area contributed by atoms with E-state index in [1.165, 1.54) is 7.11 Å². The first-order valence-corrected chi connectivity index (χ1v) is 5.45. The van der Waals surface area contributed by atoms with Crippen molar-refractivity contribution >= 4 is 5.97 Å². The lowest BCUT2D eigenvalue weighted by Gasteiger charge is -2.29. The topological polar surface area (TPSA) is 35.5 Å². The fraction of sp³-hybridized carbons (Fsp3) is 0.462. The van der Waals surface area contributed by atoms with Gasteiger partial charge in [0.2, 0.25) is 5.60 Å². The normalized spacial score (nSPS) is 22.8. The molecule has 0 radical (unpaired) electrons. The Morgan fingerprint density at radius 1 is 1.44 bits per heavy atom. The number of para-hydroxylation sites is 1. The maximum atomic E-state index is 11.9. The van der Waals surface area contributed by atoms with Crippen LogP contribution in [0.2, 0.25) is 0 Å². The van der Waals surface area contributed by atoms with E-state index in [9.17, 15) is 4.79 Å². The molecule has 0 aromatic heterocycles. The number of hydrogen-bond acceptors (Lipinski definition) is 3. The summed E-state index contributed by atoms with van der Waals surface area (Å²) < 4.78 is 10.7. The molecule has 3 heteroatoms. The number of fused-ring (bicyclic) bond motifs is 1. The largest absolute Gasteiger partial charge is 0.475 e. The lowest BCUT2D eigenvalue weighted by molar-refractivity contribution is -0.161. The minimum absolute atomic E-state index is 0.0762. The van der Waals surface area contributed by atoms with Gasteiger partial charge in [0.05, 0.1) is 7.11 Å². The lowest BCUT2D eigenvalue weighted by Crippen LogP contribution is -2.49. The number of carbonyl (C=O) groups is 1. The molecule has 0 aliphatic carbocycles. The van der Waals surface area contributed by atoms with Crippen LogP contribution >= 0.6 is 0 Å². The van der Waals surface area contributed by atoms with Crippen LogP contribution in [0.15, 0.2) is 24.3 Å². The molecule has 3 nitrogen and oxygen atoms in total. The minimum atomic E-state index is -0.849. The van der Waals surface area contributed by atoms with E-state index in [0.717, 1.165) is 11.3 Å². The van der Waals surface area contributed by atoms with Crippen LogP contribution in [-0.2, 0) is 16.0 Å². The number of hydrogen-bond donors (Lipinski definition) is 0. The number of methoxy groups -OCH3 is 1. The number of ether oxygens (including phenoxy) is 2. The van der Waals surface area contributed by atoms with Crippen LogP contribution in [0.5, 0.6) is 5.75 Å². The molecule has 0 N–H and O–H groups in total. The summed E-state index contributed by atoms with van der Waals surface area (Å²) in [7, 11) is 1.40. The van der Waals surface area contributed by atoms with Crippen molar-refractivity contribution in [2.24, 2.45) is 5.92 Å². The Labute approximate surface area is 95.4 Å². The second kappa shape index (κ2) is 3.81. The zero-order valence-corrected chi connectivity index (χ0v) is 9.82. The van der Waals surface area contributed by atoms with Crippen LogP contribution < -0.4 is 4.74 Å². The van der Waals surface area contributed by atoms with Gasteiger partial charge < -0.3 is 9.47 Å². The summed E-state index contributed by atoms with van der Waals surface area (Å²) in [5.41, 5.74) is 0.222. The molecule has 0 fully saturated rings. The van der Waals surface area contributed by atoms with E-state index in [2.05, 4.69) is 0 Å². The van der Waals surface area contributed by atoms with E-state index in [4.69, 9.17) is 9.47 Å². The summed E-state index contributed by atoms with van der Waals surface area (Å²) >= 11 is 0. The molecule has 1 aromatic carbocycles. The summed E-state index contributed by atoms with van der Waals surface area (Å²) in [6.45, 7) is 3.95. The van der Waals surface area contributed by atoms with Gasteiger partial charge in [-0.2, -0.15) is 0 Å². The van der Waals surface area contributed by atoms with E-state index in [1.54, 1.807) is 0 Å². The Morgan fingerprint density at radius 3 is 2.69 bits per heavy atom. The predicted molar refractivity (Wildman–Crippen MR) is 60.4 cm³/mol. The van der Waals surface area contributed by atoms with Gasteiger partial charge in [0, 0.05) is 12.3 Å². The highest BCUT2D eigenvalue weighted by atomic mass is 16.6. The molecular formula is C13H16O3. The Bertz CT molecular complexity index is 384. The molecule has 16 heavy (non-hydrogen) atoms. The summed E-state index contributed by atoms with van der Waals surface area (Å²) in [5.74, 6) is 0.577. The summed E-state index contributed by atoms with van der Waals surface area (Å²) in [5, 5.41) is 0. The van der Waals surface area contributed by atoms with Crippen molar-refractivity contribution in [3.63, 3.8) is 0 Å². The molecule has 2 rings (SSSR count). The van der Waals surface area contributed by atoms with Crippen molar-refractivity contribution in [3.05, 3.63) is 29.8 Å². The molecule has 1 atom stereocenters. The highest BCUT2D eigenvalue weighted by Crippen LogP contribution is 2.39. The Morgan fingerprint density at radius 2 is 2.12 bits per heavy atom. The summed E-state index contributed by atoms with van der Waals surface area (Å²) in [6.07, 6.45) is 0.591. The van der Waals surface area contributed by atoms with Crippen LogP contribution in [0.4, 0.5) is 0 Å². The van der Waals surface area contributed by atoms with E-state index < -0.39 is 5.60 Å². The molecule has 0 saturated carbocycles. The molecule has 1 aromatic rings. The Hall–Kier alpha value is -1.51. The van der Waals surface area contributed by atoms with Gasteiger partial charge in [-0.05, 0) is 11.6 Å². The molecule has 86 valence electrons. The third-order valence-corrected chi connectivity index (χ3v) is 3.18. The van der Waals surface area contributed by atoms with Crippen molar-refractivity contribution in [1.82, 2.24) is 0 Å². The van der Waals surface area contributed by atoms with Crippen LogP contribution in [0, 0.1) is 5.92 Å². The molecule has 0 saturated heterocycles.